The molecule has 1 saturated heterocycles. The maximum Gasteiger partial charge on any atom is 0.127 e. The fourth-order valence-electron chi connectivity index (χ4n) is 2.39. The molecule has 1 unspecified atom stereocenters. The van der Waals surface area contributed by atoms with Gasteiger partial charge in [-0.15, -0.1) is 0 Å². The van der Waals surface area contributed by atoms with Crippen LogP contribution < -0.4 is 0 Å². The maximum absolute atomic E-state index is 13.7. The summed E-state index contributed by atoms with van der Waals surface area (Å²) in [6.45, 7) is 8.62. The number of morpholine rings is 1. The number of hydrogen-bond donors (Lipinski definition) is 0. The quantitative estimate of drug-likeness (QED) is 0.784. The first-order valence-electron chi connectivity index (χ1n) is 6.12. The molecule has 0 bridgehead atoms. The van der Waals surface area contributed by atoms with E-state index in [1.165, 1.54) is 6.07 Å². The summed E-state index contributed by atoms with van der Waals surface area (Å²) in [5, 5.41) is 0. The van der Waals surface area contributed by atoms with Crippen LogP contribution in [0.1, 0.15) is 32.4 Å². The van der Waals surface area contributed by atoms with Crippen molar-refractivity contribution in [2.75, 3.05) is 19.7 Å². The van der Waals surface area contributed by atoms with Crippen LogP contribution in [0, 0.1) is 5.82 Å². The summed E-state index contributed by atoms with van der Waals surface area (Å²) in [7, 11) is 0. The van der Waals surface area contributed by atoms with E-state index in [4.69, 9.17) is 4.74 Å². The SMILES string of the molecule is CC(c1ccccc1F)N1CCOC(C)(C)C1. The highest BCUT2D eigenvalue weighted by atomic mass is 19.1. The third-order valence-corrected chi connectivity index (χ3v) is 3.36. The molecule has 0 aromatic heterocycles. The minimum absolute atomic E-state index is 0.0966. The second-order valence-corrected chi connectivity index (χ2v) is 5.28. The molecule has 1 aromatic rings. The third kappa shape index (κ3) is 2.85. The molecule has 1 atom stereocenters. The van der Waals surface area contributed by atoms with Crippen molar-refractivity contribution in [1.29, 1.82) is 0 Å². The van der Waals surface area contributed by atoms with Gasteiger partial charge in [0.1, 0.15) is 5.82 Å². The number of hydrogen-bond acceptors (Lipinski definition) is 2. The number of rotatable bonds is 2. The second kappa shape index (κ2) is 4.75. The predicted octanol–water partition coefficient (Wildman–Crippen LogP) is 3.00. The van der Waals surface area contributed by atoms with Crippen LogP contribution in [0.25, 0.3) is 0 Å². The molecule has 0 radical (unpaired) electrons. The van der Waals surface area contributed by atoms with E-state index in [1.54, 1.807) is 6.07 Å². The lowest BCUT2D eigenvalue weighted by molar-refractivity contribution is -0.0961. The van der Waals surface area contributed by atoms with Crippen LogP contribution in [-0.2, 0) is 4.74 Å². The molecular formula is C14H20FNO. The minimum Gasteiger partial charge on any atom is -0.373 e. The molecule has 2 rings (SSSR count). The van der Waals surface area contributed by atoms with Crippen molar-refractivity contribution in [1.82, 2.24) is 4.90 Å². The van der Waals surface area contributed by atoms with Gasteiger partial charge in [0, 0.05) is 24.7 Å². The monoisotopic (exact) mass is 237 g/mol. The van der Waals surface area contributed by atoms with Gasteiger partial charge in [-0.1, -0.05) is 18.2 Å². The van der Waals surface area contributed by atoms with E-state index in [1.807, 2.05) is 12.1 Å². The lowest BCUT2D eigenvalue weighted by Crippen LogP contribution is -2.49. The lowest BCUT2D eigenvalue weighted by atomic mass is 10.0. The van der Waals surface area contributed by atoms with Gasteiger partial charge in [0.25, 0.3) is 0 Å². The van der Waals surface area contributed by atoms with Gasteiger partial charge in [0.15, 0.2) is 0 Å². The molecule has 0 N–H and O–H groups in total. The zero-order valence-electron chi connectivity index (χ0n) is 10.7. The van der Waals surface area contributed by atoms with Crippen LogP contribution in [0.15, 0.2) is 24.3 Å². The van der Waals surface area contributed by atoms with Gasteiger partial charge in [-0.25, -0.2) is 4.39 Å². The molecule has 3 heteroatoms. The highest BCUT2D eigenvalue weighted by Crippen LogP contribution is 2.27. The average molecular weight is 237 g/mol. The predicted molar refractivity (Wildman–Crippen MR) is 66.4 cm³/mol. The van der Waals surface area contributed by atoms with Crippen molar-refractivity contribution in [3.8, 4) is 0 Å². The molecule has 2 nitrogen and oxygen atoms in total. The van der Waals surface area contributed by atoms with Crippen molar-refractivity contribution < 1.29 is 9.13 Å². The van der Waals surface area contributed by atoms with E-state index in [2.05, 4.69) is 25.7 Å². The number of nitrogens with zero attached hydrogens (tertiary/aromatic N) is 1. The number of ether oxygens (including phenoxy) is 1. The van der Waals surface area contributed by atoms with Crippen LogP contribution >= 0.6 is 0 Å². The van der Waals surface area contributed by atoms with Crippen molar-refractivity contribution in [3.63, 3.8) is 0 Å². The molecular weight excluding hydrogens is 217 g/mol. The van der Waals surface area contributed by atoms with E-state index in [0.717, 1.165) is 18.7 Å². The molecule has 0 amide bonds. The summed E-state index contributed by atoms with van der Waals surface area (Å²) in [5.41, 5.74) is 0.628. The Hall–Kier alpha value is -0.930. The second-order valence-electron chi connectivity index (χ2n) is 5.28. The Bertz CT molecular complexity index is 392. The summed E-state index contributed by atoms with van der Waals surface area (Å²) in [5.74, 6) is -0.121. The third-order valence-electron chi connectivity index (χ3n) is 3.36. The van der Waals surface area contributed by atoms with E-state index in [9.17, 15) is 4.39 Å². The van der Waals surface area contributed by atoms with Crippen molar-refractivity contribution >= 4 is 0 Å². The Labute approximate surface area is 102 Å². The molecule has 0 aliphatic carbocycles. The lowest BCUT2D eigenvalue weighted by Gasteiger charge is -2.41. The van der Waals surface area contributed by atoms with Gasteiger partial charge in [-0.2, -0.15) is 0 Å². The van der Waals surface area contributed by atoms with Crippen LogP contribution in [0.4, 0.5) is 4.39 Å². The minimum atomic E-state index is -0.141. The molecule has 0 spiro atoms. The van der Waals surface area contributed by atoms with Crippen LogP contribution in [0.2, 0.25) is 0 Å². The Morgan fingerprint density at radius 3 is 2.71 bits per heavy atom. The Balaban J connectivity index is 2.15. The van der Waals surface area contributed by atoms with Crippen LogP contribution in [0.3, 0.4) is 0 Å². The topological polar surface area (TPSA) is 12.5 Å². The van der Waals surface area contributed by atoms with Crippen molar-refractivity contribution in [3.05, 3.63) is 35.6 Å². The van der Waals surface area contributed by atoms with E-state index >= 15 is 0 Å². The molecule has 0 saturated carbocycles. The summed E-state index contributed by atoms with van der Waals surface area (Å²) >= 11 is 0. The van der Waals surface area contributed by atoms with Gasteiger partial charge in [0.05, 0.1) is 12.2 Å². The average Bonchev–Trinajstić information content (AvgIpc) is 2.27. The molecule has 1 heterocycles. The van der Waals surface area contributed by atoms with Gasteiger partial charge in [-0.3, -0.25) is 4.90 Å². The zero-order valence-corrected chi connectivity index (χ0v) is 10.7. The first-order valence-corrected chi connectivity index (χ1v) is 6.12. The summed E-state index contributed by atoms with van der Waals surface area (Å²) < 4.78 is 19.4. The smallest absolute Gasteiger partial charge is 0.127 e. The summed E-state index contributed by atoms with van der Waals surface area (Å²) in [6.07, 6.45) is 0. The molecule has 1 fully saturated rings. The van der Waals surface area contributed by atoms with Gasteiger partial charge in [-0.05, 0) is 26.8 Å². The van der Waals surface area contributed by atoms with E-state index in [0.29, 0.717) is 6.61 Å². The van der Waals surface area contributed by atoms with Gasteiger partial charge < -0.3 is 4.74 Å². The van der Waals surface area contributed by atoms with Gasteiger partial charge in [0.2, 0.25) is 0 Å². The van der Waals surface area contributed by atoms with Gasteiger partial charge >= 0.3 is 0 Å². The summed E-state index contributed by atoms with van der Waals surface area (Å²) in [4.78, 5) is 2.28. The molecule has 1 aromatic carbocycles. The van der Waals surface area contributed by atoms with E-state index in [-0.39, 0.29) is 17.5 Å². The first-order chi connectivity index (χ1) is 7.99. The van der Waals surface area contributed by atoms with E-state index < -0.39 is 0 Å². The van der Waals surface area contributed by atoms with Crippen molar-refractivity contribution in [2.45, 2.75) is 32.4 Å². The largest absolute Gasteiger partial charge is 0.373 e. The maximum atomic E-state index is 13.7. The normalized spacial score (nSPS) is 22.4. The highest BCUT2D eigenvalue weighted by Gasteiger charge is 2.30. The zero-order chi connectivity index (χ0) is 12.5. The Kier molecular flexibility index (Phi) is 3.50. The van der Waals surface area contributed by atoms with Crippen LogP contribution in [0.5, 0.6) is 0 Å². The molecule has 1 aliphatic rings. The fraction of sp³-hybridized carbons (Fsp3) is 0.571. The first kappa shape index (κ1) is 12.5. The Morgan fingerprint density at radius 2 is 2.06 bits per heavy atom. The number of benzene rings is 1. The Morgan fingerprint density at radius 1 is 1.35 bits per heavy atom. The van der Waals surface area contributed by atoms with Crippen molar-refractivity contribution in [2.24, 2.45) is 0 Å². The number of halogens is 1. The van der Waals surface area contributed by atoms with Crippen LogP contribution in [-0.4, -0.2) is 30.2 Å². The summed E-state index contributed by atoms with van der Waals surface area (Å²) in [6, 6.07) is 7.11. The molecule has 94 valence electrons. The molecule has 17 heavy (non-hydrogen) atoms. The highest BCUT2D eigenvalue weighted by molar-refractivity contribution is 5.20. The fourth-order valence-corrected chi connectivity index (χ4v) is 2.39. The standard InChI is InChI=1S/C14H20FNO/c1-11(12-6-4-5-7-13(12)15)16-8-9-17-14(2,3)10-16/h4-7,11H,8-10H2,1-3H3. The molecule has 1 aliphatic heterocycles.